The molecule has 4 aromatic rings. The summed E-state index contributed by atoms with van der Waals surface area (Å²) in [6.07, 6.45) is 0. The number of rotatable bonds is 5. The number of furan rings is 1. The third kappa shape index (κ3) is 3.89. The first kappa shape index (κ1) is 20.3. The van der Waals surface area contributed by atoms with Crippen molar-refractivity contribution in [3.8, 4) is 11.3 Å². The SMILES string of the molecule is Cc1cc(-c2cc(C(=O)OCc3nc(N)nc(N(C)C)n3)c3c(C)noc3n2)c(C)o1. The third-order valence-electron chi connectivity index (χ3n) is 4.57. The fraction of sp³-hybridized carbons (Fsp3) is 0.300. The van der Waals surface area contributed by atoms with E-state index in [0.717, 1.165) is 11.3 Å². The maximum absolute atomic E-state index is 13.0. The Morgan fingerprint density at radius 2 is 1.90 bits per heavy atom. The van der Waals surface area contributed by atoms with Gasteiger partial charge in [0, 0.05) is 19.7 Å². The summed E-state index contributed by atoms with van der Waals surface area (Å²) in [6, 6.07) is 3.48. The number of carbonyl (C=O) groups excluding carboxylic acids is 1. The van der Waals surface area contributed by atoms with Crippen molar-refractivity contribution in [1.82, 2.24) is 25.1 Å². The number of carbonyl (C=O) groups is 1. The molecule has 11 heteroatoms. The van der Waals surface area contributed by atoms with E-state index in [1.54, 1.807) is 32.0 Å². The number of fused-ring (bicyclic) bond motifs is 1. The molecule has 2 N–H and O–H groups in total. The van der Waals surface area contributed by atoms with Crippen LogP contribution in [0.1, 0.15) is 33.4 Å². The monoisotopic (exact) mass is 423 g/mol. The van der Waals surface area contributed by atoms with E-state index in [2.05, 4.69) is 25.1 Å². The van der Waals surface area contributed by atoms with Gasteiger partial charge in [-0.25, -0.2) is 9.78 Å². The lowest BCUT2D eigenvalue weighted by Gasteiger charge is -2.11. The van der Waals surface area contributed by atoms with Crippen molar-refractivity contribution in [2.45, 2.75) is 27.4 Å². The zero-order valence-corrected chi connectivity index (χ0v) is 17.8. The first-order chi connectivity index (χ1) is 14.7. The molecule has 0 saturated heterocycles. The van der Waals surface area contributed by atoms with Gasteiger partial charge in [-0.2, -0.15) is 15.0 Å². The van der Waals surface area contributed by atoms with Gasteiger partial charge in [-0.1, -0.05) is 5.16 Å². The Bertz CT molecular complexity index is 1290. The fourth-order valence-electron chi connectivity index (χ4n) is 3.18. The number of aryl methyl sites for hydroxylation is 3. The molecule has 4 heterocycles. The first-order valence-electron chi connectivity index (χ1n) is 9.42. The molecule has 4 aromatic heterocycles. The third-order valence-corrected chi connectivity index (χ3v) is 4.57. The van der Waals surface area contributed by atoms with Gasteiger partial charge in [-0.3, -0.25) is 0 Å². The van der Waals surface area contributed by atoms with Crippen LogP contribution in [0.25, 0.3) is 22.4 Å². The van der Waals surface area contributed by atoms with Gasteiger partial charge in [0.1, 0.15) is 11.5 Å². The second-order valence-electron chi connectivity index (χ2n) is 7.21. The molecule has 4 rings (SSSR count). The molecule has 0 aliphatic rings. The van der Waals surface area contributed by atoms with E-state index in [1.807, 2.05) is 19.9 Å². The molecule has 160 valence electrons. The molecule has 0 radical (unpaired) electrons. The maximum atomic E-state index is 13.0. The maximum Gasteiger partial charge on any atom is 0.339 e. The summed E-state index contributed by atoms with van der Waals surface area (Å²) in [5.74, 6) is 1.46. The van der Waals surface area contributed by atoms with Gasteiger partial charge < -0.3 is 24.3 Å². The van der Waals surface area contributed by atoms with Gasteiger partial charge >= 0.3 is 5.97 Å². The summed E-state index contributed by atoms with van der Waals surface area (Å²) in [5, 5.41) is 4.42. The quantitative estimate of drug-likeness (QED) is 0.472. The van der Waals surface area contributed by atoms with Crippen molar-refractivity contribution >= 4 is 29.0 Å². The van der Waals surface area contributed by atoms with Crippen LogP contribution in [0, 0.1) is 20.8 Å². The van der Waals surface area contributed by atoms with E-state index >= 15 is 0 Å². The lowest BCUT2D eigenvalue weighted by Crippen LogP contribution is -2.17. The van der Waals surface area contributed by atoms with E-state index in [4.69, 9.17) is 19.4 Å². The molecule has 0 saturated carbocycles. The number of nitrogens with zero attached hydrogens (tertiary/aromatic N) is 6. The number of aromatic nitrogens is 5. The van der Waals surface area contributed by atoms with Crippen molar-refractivity contribution in [2.24, 2.45) is 0 Å². The number of ether oxygens (including phenoxy) is 1. The second-order valence-corrected chi connectivity index (χ2v) is 7.21. The Kier molecular flexibility index (Phi) is 5.01. The molecule has 11 nitrogen and oxygen atoms in total. The Labute approximate surface area is 177 Å². The highest BCUT2D eigenvalue weighted by atomic mass is 16.5. The zero-order valence-electron chi connectivity index (χ0n) is 17.8. The molecule has 31 heavy (non-hydrogen) atoms. The summed E-state index contributed by atoms with van der Waals surface area (Å²) in [5.41, 5.74) is 8.03. The summed E-state index contributed by atoms with van der Waals surface area (Å²) in [7, 11) is 3.54. The van der Waals surface area contributed by atoms with Crippen molar-refractivity contribution in [3.63, 3.8) is 0 Å². The highest BCUT2D eigenvalue weighted by Crippen LogP contribution is 2.30. The largest absolute Gasteiger partial charge is 0.466 e. The molecular formula is C20H21N7O4. The minimum atomic E-state index is -0.594. The summed E-state index contributed by atoms with van der Waals surface area (Å²) in [4.78, 5) is 31.5. The first-order valence-corrected chi connectivity index (χ1v) is 9.42. The summed E-state index contributed by atoms with van der Waals surface area (Å²) in [6.45, 7) is 5.21. The van der Waals surface area contributed by atoms with Crippen molar-refractivity contribution in [3.05, 3.63) is 40.7 Å². The molecule has 0 atom stereocenters. The number of hydrogen-bond donors (Lipinski definition) is 1. The van der Waals surface area contributed by atoms with Gasteiger partial charge in [0.05, 0.1) is 22.3 Å². The molecule has 0 unspecified atom stereocenters. The number of pyridine rings is 1. The van der Waals surface area contributed by atoms with E-state index in [1.165, 1.54) is 0 Å². The summed E-state index contributed by atoms with van der Waals surface area (Å²) < 4.78 is 16.4. The normalized spacial score (nSPS) is 11.1. The molecular weight excluding hydrogens is 402 g/mol. The number of hydrogen-bond acceptors (Lipinski definition) is 11. The van der Waals surface area contributed by atoms with Crippen LogP contribution in [0.3, 0.4) is 0 Å². The molecule has 0 spiro atoms. The van der Waals surface area contributed by atoms with Gasteiger partial charge in [0.25, 0.3) is 5.71 Å². The van der Waals surface area contributed by atoms with E-state index in [0.29, 0.717) is 28.5 Å². The lowest BCUT2D eigenvalue weighted by atomic mass is 10.1. The second kappa shape index (κ2) is 7.67. The predicted molar refractivity (Wildman–Crippen MR) is 111 cm³/mol. The van der Waals surface area contributed by atoms with Crippen LogP contribution in [0.5, 0.6) is 0 Å². The number of nitrogens with two attached hydrogens (primary N) is 1. The van der Waals surface area contributed by atoms with Crippen LogP contribution in [0.4, 0.5) is 11.9 Å². The molecule has 0 aliphatic heterocycles. The molecule has 0 fully saturated rings. The van der Waals surface area contributed by atoms with Crippen LogP contribution in [0.2, 0.25) is 0 Å². The number of anilines is 2. The average molecular weight is 423 g/mol. The van der Waals surface area contributed by atoms with Crippen LogP contribution in [0.15, 0.2) is 21.1 Å². The Hall–Kier alpha value is -4.02. The van der Waals surface area contributed by atoms with E-state index in [-0.39, 0.29) is 29.7 Å². The standard InChI is InChI=1S/C20H21N7O4/c1-9-6-12(11(3)30-9)14-7-13(16-10(2)26-31-17(16)22-14)18(28)29-8-15-23-19(21)25-20(24-15)27(4)5/h6-7H,8H2,1-5H3,(H2,21,23,24,25). The minimum Gasteiger partial charge on any atom is -0.466 e. The Balaban J connectivity index is 1.69. The van der Waals surface area contributed by atoms with Crippen LogP contribution >= 0.6 is 0 Å². The Morgan fingerprint density at radius 1 is 1.13 bits per heavy atom. The van der Waals surface area contributed by atoms with Crippen LogP contribution < -0.4 is 10.6 Å². The van der Waals surface area contributed by atoms with E-state index < -0.39 is 5.97 Å². The fourth-order valence-corrected chi connectivity index (χ4v) is 3.18. The van der Waals surface area contributed by atoms with Crippen molar-refractivity contribution in [1.29, 1.82) is 0 Å². The Morgan fingerprint density at radius 3 is 2.58 bits per heavy atom. The van der Waals surface area contributed by atoms with Gasteiger partial charge in [-0.15, -0.1) is 0 Å². The molecule has 0 bridgehead atoms. The topological polar surface area (TPSA) is 146 Å². The highest BCUT2D eigenvalue weighted by molar-refractivity contribution is 6.04. The van der Waals surface area contributed by atoms with Gasteiger partial charge in [0.2, 0.25) is 11.9 Å². The molecule has 0 aliphatic carbocycles. The smallest absolute Gasteiger partial charge is 0.339 e. The lowest BCUT2D eigenvalue weighted by molar-refractivity contribution is 0.0464. The van der Waals surface area contributed by atoms with Crippen molar-refractivity contribution in [2.75, 3.05) is 24.7 Å². The predicted octanol–water partition coefficient (Wildman–Crippen LogP) is 2.60. The van der Waals surface area contributed by atoms with Crippen LogP contribution in [-0.2, 0) is 11.3 Å². The number of nitrogen functional groups attached to an aromatic ring is 1. The highest BCUT2D eigenvalue weighted by Gasteiger charge is 2.22. The average Bonchev–Trinajstić information content (AvgIpc) is 3.26. The minimum absolute atomic E-state index is 0.0408. The van der Waals surface area contributed by atoms with Gasteiger partial charge in [-0.05, 0) is 32.9 Å². The number of esters is 1. The van der Waals surface area contributed by atoms with Crippen LogP contribution in [-0.4, -0.2) is 45.2 Å². The van der Waals surface area contributed by atoms with Crippen molar-refractivity contribution < 1.29 is 18.5 Å². The zero-order chi connectivity index (χ0) is 22.3. The van der Waals surface area contributed by atoms with E-state index in [9.17, 15) is 4.79 Å². The summed E-state index contributed by atoms with van der Waals surface area (Å²) >= 11 is 0. The molecule has 0 aromatic carbocycles. The van der Waals surface area contributed by atoms with Gasteiger partial charge in [0.15, 0.2) is 12.4 Å². The molecule has 0 amide bonds.